The number of hydrogen-bond donors (Lipinski definition) is 1. The van der Waals surface area contributed by atoms with E-state index in [0.29, 0.717) is 0 Å². The smallest absolute Gasteiger partial charge is 0.0534 e. The van der Waals surface area contributed by atoms with Crippen LogP contribution in [0.3, 0.4) is 0 Å². The first-order chi connectivity index (χ1) is 6.17. The quantitative estimate of drug-likeness (QED) is 0.652. The van der Waals surface area contributed by atoms with E-state index in [4.69, 9.17) is 11.5 Å². The van der Waals surface area contributed by atoms with Gasteiger partial charge in [-0.3, -0.25) is 0 Å². The highest BCUT2D eigenvalue weighted by atomic mass is 127. The average molecular weight is 285 g/mol. The first kappa shape index (κ1) is 10.6. The summed E-state index contributed by atoms with van der Waals surface area (Å²) in [5, 5.41) is 8.95. The van der Waals surface area contributed by atoms with Crippen molar-refractivity contribution < 1.29 is 5.11 Å². The van der Waals surface area contributed by atoms with Crippen LogP contribution >= 0.6 is 22.6 Å². The van der Waals surface area contributed by atoms with Crippen molar-refractivity contribution in [1.29, 1.82) is 0 Å². The van der Waals surface area contributed by atoms with Crippen molar-refractivity contribution in [3.8, 4) is 12.3 Å². The molecule has 1 aromatic carbocycles. The Morgan fingerprint density at radius 3 is 2.77 bits per heavy atom. The molecule has 0 fully saturated rings. The molecular formula is C11H10IO. The van der Waals surface area contributed by atoms with Crippen molar-refractivity contribution in [1.82, 2.24) is 0 Å². The van der Waals surface area contributed by atoms with Crippen molar-refractivity contribution in [2.45, 2.75) is 6.92 Å². The van der Waals surface area contributed by atoms with E-state index in [9.17, 15) is 0 Å². The van der Waals surface area contributed by atoms with Gasteiger partial charge in [0.25, 0.3) is 0 Å². The van der Waals surface area contributed by atoms with Crippen LogP contribution < -0.4 is 0 Å². The second-order valence-electron chi connectivity index (χ2n) is 2.81. The fraction of sp³-hybridized carbons (Fsp3) is 0.182. The summed E-state index contributed by atoms with van der Waals surface area (Å²) in [6, 6.07) is 5.86. The summed E-state index contributed by atoms with van der Waals surface area (Å²) in [5.74, 6) is 3.53. The molecule has 1 N–H and O–H groups in total. The summed E-state index contributed by atoms with van der Waals surface area (Å²) in [5.41, 5.74) is 1.87. The summed E-state index contributed by atoms with van der Waals surface area (Å²) in [4.78, 5) is 0. The van der Waals surface area contributed by atoms with Crippen molar-refractivity contribution in [2.24, 2.45) is 0 Å². The lowest BCUT2D eigenvalue weighted by molar-refractivity contribution is 0.315. The predicted octanol–water partition coefficient (Wildman–Crippen LogP) is 2.21. The van der Waals surface area contributed by atoms with Crippen LogP contribution in [0.2, 0.25) is 0 Å². The lowest BCUT2D eigenvalue weighted by Gasteiger charge is -2.08. The molecule has 1 nitrogen and oxygen atoms in total. The summed E-state index contributed by atoms with van der Waals surface area (Å²) < 4.78 is 1.09. The van der Waals surface area contributed by atoms with Gasteiger partial charge in [0.1, 0.15) is 0 Å². The molecule has 0 aliphatic rings. The van der Waals surface area contributed by atoms with E-state index in [-0.39, 0.29) is 6.61 Å². The number of rotatable bonds is 2. The van der Waals surface area contributed by atoms with E-state index < -0.39 is 0 Å². The zero-order valence-electron chi connectivity index (χ0n) is 7.34. The van der Waals surface area contributed by atoms with Crippen LogP contribution in [-0.4, -0.2) is 11.7 Å². The molecule has 1 rings (SSSR count). The van der Waals surface area contributed by atoms with Gasteiger partial charge in [0.05, 0.1) is 6.61 Å². The third-order valence-corrected chi connectivity index (χ3v) is 2.42. The number of terminal acetylenes is 1. The van der Waals surface area contributed by atoms with Crippen LogP contribution in [0, 0.1) is 21.8 Å². The molecular weight excluding hydrogens is 275 g/mol. The van der Waals surface area contributed by atoms with Gasteiger partial charge in [-0.1, -0.05) is 12.8 Å². The van der Waals surface area contributed by atoms with Crippen LogP contribution in [0.15, 0.2) is 18.2 Å². The number of halogens is 1. The molecule has 0 spiro atoms. The maximum absolute atomic E-state index is 8.95. The van der Waals surface area contributed by atoms with Crippen molar-refractivity contribution in [3.05, 3.63) is 38.8 Å². The molecule has 0 atom stereocenters. The second-order valence-corrected chi connectivity index (χ2v) is 4.06. The molecule has 0 saturated carbocycles. The summed E-state index contributed by atoms with van der Waals surface area (Å²) >= 11 is 2.21. The van der Waals surface area contributed by atoms with Crippen LogP contribution in [-0.2, 0) is 0 Å². The largest absolute Gasteiger partial charge is 0.395 e. The molecule has 0 aromatic heterocycles. The Morgan fingerprint density at radius 1 is 1.54 bits per heavy atom. The first-order valence-corrected chi connectivity index (χ1v) is 4.96. The highest BCUT2D eigenvalue weighted by molar-refractivity contribution is 14.1. The molecule has 1 aromatic rings. The fourth-order valence-electron chi connectivity index (χ4n) is 1.01. The molecule has 0 aliphatic heterocycles. The zero-order valence-corrected chi connectivity index (χ0v) is 9.50. The van der Waals surface area contributed by atoms with E-state index >= 15 is 0 Å². The van der Waals surface area contributed by atoms with Crippen molar-refractivity contribution in [3.63, 3.8) is 0 Å². The molecule has 0 amide bonds. The van der Waals surface area contributed by atoms with E-state index in [1.54, 1.807) is 0 Å². The first-order valence-electron chi connectivity index (χ1n) is 3.88. The SMILES string of the molecule is C#Cc1cc(I)cc([C](C)CO)c1. The van der Waals surface area contributed by atoms with Crippen LogP contribution in [0.1, 0.15) is 18.1 Å². The molecule has 0 aliphatic carbocycles. The monoisotopic (exact) mass is 285 g/mol. The van der Waals surface area contributed by atoms with Gasteiger partial charge in [0, 0.05) is 15.1 Å². The van der Waals surface area contributed by atoms with Gasteiger partial charge in [-0.25, -0.2) is 0 Å². The minimum absolute atomic E-state index is 0.0735. The van der Waals surface area contributed by atoms with Crippen LogP contribution in [0.5, 0.6) is 0 Å². The predicted molar refractivity (Wildman–Crippen MR) is 62.2 cm³/mol. The molecule has 0 saturated heterocycles. The number of benzene rings is 1. The Labute approximate surface area is 92.3 Å². The summed E-state index contributed by atoms with van der Waals surface area (Å²) in [6.07, 6.45) is 5.30. The Balaban J connectivity index is 3.10. The van der Waals surface area contributed by atoms with E-state index in [0.717, 1.165) is 20.6 Å². The highest BCUT2D eigenvalue weighted by Crippen LogP contribution is 2.18. The minimum atomic E-state index is 0.0735. The summed E-state index contributed by atoms with van der Waals surface area (Å²) in [7, 11) is 0. The van der Waals surface area contributed by atoms with Gasteiger partial charge in [0.15, 0.2) is 0 Å². The van der Waals surface area contributed by atoms with E-state index in [2.05, 4.69) is 28.5 Å². The standard InChI is InChI=1S/C11H10IO/c1-3-9-4-10(8(2)7-13)6-11(12)5-9/h1,4-6,13H,7H2,2H3. The van der Waals surface area contributed by atoms with E-state index in [1.807, 2.05) is 25.1 Å². The maximum atomic E-state index is 8.95. The third kappa shape index (κ3) is 2.71. The normalized spacial score (nSPS) is 10.1. The Hall–Kier alpha value is -0.530. The number of aliphatic hydroxyl groups is 1. The van der Waals surface area contributed by atoms with Crippen molar-refractivity contribution >= 4 is 22.6 Å². The maximum Gasteiger partial charge on any atom is 0.0534 e. The number of aliphatic hydroxyl groups excluding tert-OH is 1. The van der Waals surface area contributed by atoms with Gasteiger partial charge in [-0.2, -0.15) is 0 Å². The Kier molecular flexibility index (Phi) is 3.76. The van der Waals surface area contributed by atoms with Gasteiger partial charge in [0.2, 0.25) is 0 Å². The average Bonchev–Trinajstić information content (AvgIpc) is 2.15. The van der Waals surface area contributed by atoms with Gasteiger partial charge < -0.3 is 5.11 Å². The van der Waals surface area contributed by atoms with Gasteiger partial charge in [-0.15, -0.1) is 6.42 Å². The molecule has 67 valence electrons. The Morgan fingerprint density at radius 2 is 2.23 bits per heavy atom. The van der Waals surface area contributed by atoms with Gasteiger partial charge in [-0.05, 0) is 46.4 Å². The zero-order chi connectivity index (χ0) is 9.84. The van der Waals surface area contributed by atoms with Crippen LogP contribution in [0.4, 0.5) is 0 Å². The highest BCUT2D eigenvalue weighted by Gasteiger charge is 2.06. The topological polar surface area (TPSA) is 20.2 Å². The molecule has 0 bridgehead atoms. The molecule has 0 unspecified atom stereocenters. The Bertz CT molecular complexity index is 338. The molecule has 13 heavy (non-hydrogen) atoms. The lowest BCUT2D eigenvalue weighted by atomic mass is 10.0. The summed E-state index contributed by atoms with van der Waals surface area (Å²) in [6.45, 7) is 1.97. The van der Waals surface area contributed by atoms with Crippen molar-refractivity contribution in [2.75, 3.05) is 6.61 Å². The molecule has 0 heterocycles. The number of hydrogen-bond acceptors (Lipinski definition) is 1. The third-order valence-electron chi connectivity index (χ3n) is 1.79. The minimum Gasteiger partial charge on any atom is -0.395 e. The molecule has 2 heteroatoms. The van der Waals surface area contributed by atoms with E-state index in [1.165, 1.54) is 0 Å². The lowest BCUT2D eigenvalue weighted by Crippen LogP contribution is -2.00. The van der Waals surface area contributed by atoms with Crippen LogP contribution in [0.25, 0.3) is 0 Å². The fourth-order valence-corrected chi connectivity index (χ4v) is 1.68. The molecule has 1 radical (unpaired) electrons. The van der Waals surface area contributed by atoms with Gasteiger partial charge >= 0.3 is 0 Å². The second kappa shape index (κ2) is 4.64.